The fraction of sp³-hybridized carbons (Fsp3) is 0.300. The molecule has 25 heavy (non-hydrogen) atoms. The Labute approximate surface area is 148 Å². The average Bonchev–Trinajstić information content (AvgIpc) is 2.58. The van der Waals surface area contributed by atoms with E-state index in [0.29, 0.717) is 18.9 Å². The molecule has 0 amide bonds. The first-order valence-electron chi connectivity index (χ1n) is 8.47. The second-order valence-corrected chi connectivity index (χ2v) is 6.15. The molecule has 5 heteroatoms. The normalized spacial score (nSPS) is 10.2. The largest absolute Gasteiger partial charge is 0.366 e. The average molecular weight is 339 g/mol. The molecule has 0 atom stereocenters. The summed E-state index contributed by atoms with van der Waals surface area (Å²) < 4.78 is 0. The zero-order chi connectivity index (χ0) is 18.1. The minimum absolute atomic E-state index is 0.437. The Bertz CT molecular complexity index is 653. The Morgan fingerprint density at radius 1 is 0.880 bits per heavy atom. The first-order valence-corrected chi connectivity index (χ1v) is 8.47. The third-order valence-electron chi connectivity index (χ3n) is 3.93. The van der Waals surface area contributed by atoms with Crippen LogP contribution in [0.2, 0.25) is 0 Å². The van der Waals surface area contributed by atoms with Gasteiger partial charge in [0.1, 0.15) is 0 Å². The number of benzene rings is 2. The summed E-state index contributed by atoms with van der Waals surface area (Å²) >= 11 is 0. The summed E-state index contributed by atoms with van der Waals surface area (Å²) in [6.07, 6.45) is 2.62. The molecule has 0 saturated heterocycles. The van der Waals surface area contributed by atoms with Crippen LogP contribution in [-0.4, -0.2) is 18.0 Å². The number of hydrogen-bond acceptors (Lipinski definition) is 4. The number of nitro groups is 1. The lowest BCUT2D eigenvalue weighted by Gasteiger charge is -2.12. The lowest BCUT2D eigenvalue weighted by atomic mass is 10.1. The number of nitrogens with one attached hydrogen (secondary N) is 2. The fourth-order valence-corrected chi connectivity index (χ4v) is 2.45. The van der Waals surface area contributed by atoms with Crippen LogP contribution in [0.5, 0.6) is 0 Å². The van der Waals surface area contributed by atoms with Gasteiger partial charge in [-0.25, -0.2) is 0 Å². The molecule has 0 aliphatic carbocycles. The van der Waals surface area contributed by atoms with Crippen molar-refractivity contribution in [3.63, 3.8) is 0 Å². The van der Waals surface area contributed by atoms with Gasteiger partial charge in [-0.1, -0.05) is 59.7 Å². The maximum Gasteiger partial charge on any atom is 0.274 e. The van der Waals surface area contributed by atoms with Gasteiger partial charge in [-0.05, 0) is 37.8 Å². The summed E-state index contributed by atoms with van der Waals surface area (Å²) in [7, 11) is 0. The van der Waals surface area contributed by atoms with Gasteiger partial charge in [0.25, 0.3) is 6.20 Å². The topological polar surface area (TPSA) is 67.2 Å². The molecule has 0 bridgehead atoms. The Kier molecular flexibility index (Phi) is 7.01. The van der Waals surface area contributed by atoms with Gasteiger partial charge in [-0.15, -0.1) is 0 Å². The second kappa shape index (κ2) is 9.47. The zero-order valence-electron chi connectivity index (χ0n) is 14.8. The molecular formula is C20H25N3O2. The van der Waals surface area contributed by atoms with Crippen molar-refractivity contribution in [3.8, 4) is 0 Å². The Morgan fingerprint density at radius 2 is 1.28 bits per heavy atom. The molecule has 0 aliphatic heterocycles. The van der Waals surface area contributed by atoms with Crippen molar-refractivity contribution in [2.45, 2.75) is 26.7 Å². The van der Waals surface area contributed by atoms with Crippen LogP contribution in [0.3, 0.4) is 0 Å². The van der Waals surface area contributed by atoms with Crippen molar-refractivity contribution < 1.29 is 4.92 Å². The van der Waals surface area contributed by atoms with E-state index >= 15 is 0 Å². The van der Waals surface area contributed by atoms with Crippen molar-refractivity contribution in [1.82, 2.24) is 10.6 Å². The third-order valence-corrected chi connectivity index (χ3v) is 3.93. The number of nitrogens with zero attached hydrogens (tertiary/aromatic N) is 1. The molecule has 0 spiro atoms. The standard InChI is InChI=1S/C20H25N3O2/c1-16-3-7-18(8-4-16)11-13-21-20(15-23(24)25)22-14-12-19-9-5-17(2)6-10-19/h3-10,15,21-22H,11-14H2,1-2H3. The lowest BCUT2D eigenvalue weighted by molar-refractivity contribution is -0.404. The van der Waals surface area contributed by atoms with Gasteiger partial charge in [0.15, 0.2) is 5.82 Å². The van der Waals surface area contributed by atoms with Gasteiger partial charge < -0.3 is 10.6 Å². The molecule has 0 aromatic heterocycles. The summed E-state index contributed by atoms with van der Waals surface area (Å²) in [6.45, 7) is 5.39. The van der Waals surface area contributed by atoms with Crippen LogP contribution < -0.4 is 10.6 Å². The minimum atomic E-state index is -0.437. The maximum absolute atomic E-state index is 10.8. The summed E-state index contributed by atoms with van der Waals surface area (Å²) in [4.78, 5) is 10.4. The Morgan fingerprint density at radius 3 is 1.64 bits per heavy atom. The van der Waals surface area contributed by atoms with E-state index in [4.69, 9.17) is 0 Å². The summed E-state index contributed by atoms with van der Waals surface area (Å²) in [5.41, 5.74) is 4.86. The van der Waals surface area contributed by atoms with Gasteiger partial charge >= 0.3 is 0 Å². The maximum atomic E-state index is 10.8. The zero-order valence-corrected chi connectivity index (χ0v) is 14.8. The van der Waals surface area contributed by atoms with E-state index in [1.807, 2.05) is 0 Å². The van der Waals surface area contributed by atoms with E-state index in [9.17, 15) is 10.1 Å². The van der Waals surface area contributed by atoms with E-state index in [1.165, 1.54) is 22.3 Å². The molecule has 0 radical (unpaired) electrons. The summed E-state index contributed by atoms with van der Waals surface area (Å²) in [6, 6.07) is 16.6. The first kappa shape index (κ1) is 18.5. The van der Waals surface area contributed by atoms with Gasteiger partial charge in [0.2, 0.25) is 0 Å². The predicted octanol–water partition coefficient (Wildman–Crippen LogP) is 3.34. The van der Waals surface area contributed by atoms with E-state index in [2.05, 4.69) is 73.0 Å². The molecule has 0 unspecified atom stereocenters. The van der Waals surface area contributed by atoms with Crippen molar-refractivity contribution in [2.75, 3.05) is 13.1 Å². The highest BCUT2D eigenvalue weighted by atomic mass is 16.6. The quantitative estimate of drug-likeness (QED) is 0.543. The van der Waals surface area contributed by atoms with Crippen LogP contribution in [-0.2, 0) is 12.8 Å². The van der Waals surface area contributed by atoms with Gasteiger partial charge in [0.05, 0.1) is 4.92 Å². The highest BCUT2D eigenvalue weighted by Gasteiger charge is 2.03. The molecule has 0 aliphatic rings. The van der Waals surface area contributed by atoms with E-state index < -0.39 is 4.92 Å². The number of rotatable bonds is 9. The van der Waals surface area contributed by atoms with Crippen molar-refractivity contribution in [3.05, 3.63) is 92.9 Å². The fourth-order valence-electron chi connectivity index (χ4n) is 2.45. The lowest BCUT2D eigenvalue weighted by Crippen LogP contribution is -2.30. The summed E-state index contributed by atoms with van der Waals surface area (Å²) in [5.74, 6) is 0.448. The van der Waals surface area contributed by atoms with Gasteiger partial charge in [-0.2, -0.15) is 0 Å². The van der Waals surface area contributed by atoms with Gasteiger partial charge in [0, 0.05) is 13.1 Å². The molecule has 0 saturated carbocycles. The summed E-state index contributed by atoms with van der Waals surface area (Å²) in [5, 5.41) is 17.0. The van der Waals surface area contributed by atoms with Crippen molar-refractivity contribution in [1.29, 1.82) is 0 Å². The molecule has 0 fully saturated rings. The molecule has 5 nitrogen and oxygen atoms in total. The molecule has 2 aromatic rings. The second-order valence-electron chi connectivity index (χ2n) is 6.15. The predicted molar refractivity (Wildman–Crippen MR) is 101 cm³/mol. The van der Waals surface area contributed by atoms with Crippen molar-refractivity contribution >= 4 is 0 Å². The Hall–Kier alpha value is -2.82. The SMILES string of the molecule is Cc1ccc(CCNC(=C[N+](=O)[O-])NCCc2ccc(C)cc2)cc1. The van der Waals surface area contributed by atoms with E-state index in [0.717, 1.165) is 19.0 Å². The first-order chi connectivity index (χ1) is 12.0. The van der Waals surface area contributed by atoms with Crippen LogP contribution in [0, 0.1) is 24.0 Å². The molecule has 2 rings (SSSR count). The molecule has 0 heterocycles. The number of aryl methyl sites for hydroxylation is 2. The molecule has 2 N–H and O–H groups in total. The third kappa shape index (κ3) is 7.08. The highest BCUT2D eigenvalue weighted by Crippen LogP contribution is 2.04. The van der Waals surface area contributed by atoms with Crippen LogP contribution >= 0.6 is 0 Å². The molecular weight excluding hydrogens is 314 g/mol. The van der Waals surface area contributed by atoms with Crippen LogP contribution in [0.4, 0.5) is 0 Å². The monoisotopic (exact) mass is 339 g/mol. The van der Waals surface area contributed by atoms with Crippen LogP contribution in [0.1, 0.15) is 22.3 Å². The molecule has 2 aromatic carbocycles. The van der Waals surface area contributed by atoms with Gasteiger partial charge in [-0.3, -0.25) is 10.1 Å². The number of hydrogen-bond donors (Lipinski definition) is 2. The van der Waals surface area contributed by atoms with Crippen LogP contribution in [0.25, 0.3) is 0 Å². The highest BCUT2D eigenvalue weighted by molar-refractivity contribution is 5.22. The molecule has 132 valence electrons. The van der Waals surface area contributed by atoms with Crippen molar-refractivity contribution in [2.24, 2.45) is 0 Å². The minimum Gasteiger partial charge on any atom is -0.366 e. The van der Waals surface area contributed by atoms with Crippen LogP contribution in [0.15, 0.2) is 60.6 Å². The van der Waals surface area contributed by atoms with E-state index in [-0.39, 0.29) is 0 Å². The smallest absolute Gasteiger partial charge is 0.274 e. The van der Waals surface area contributed by atoms with E-state index in [1.54, 1.807) is 0 Å². The Balaban J connectivity index is 1.80.